The van der Waals surface area contributed by atoms with Gasteiger partial charge in [-0.2, -0.15) is 0 Å². The van der Waals surface area contributed by atoms with Crippen molar-refractivity contribution < 1.29 is 4.39 Å². The standard InChI is InChI=1S/C17H27FN2/c1-4-8-19-11-14-5-6-17(16(18)10-14)20-9-7-15(12-20)13(2)3/h5-6,10,13,15,19H,4,7-9,11-12H2,1-3H3. The Hall–Kier alpha value is -1.09. The summed E-state index contributed by atoms with van der Waals surface area (Å²) < 4.78 is 14.3. The van der Waals surface area contributed by atoms with Crippen LogP contribution in [0.1, 0.15) is 39.2 Å². The SMILES string of the molecule is CCCNCc1ccc(N2CCC(C(C)C)C2)c(F)c1. The fourth-order valence-electron chi connectivity index (χ4n) is 2.88. The molecular weight excluding hydrogens is 251 g/mol. The predicted octanol–water partition coefficient (Wildman–Crippen LogP) is 3.81. The zero-order chi connectivity index (χ0) is 14.5. The van der Waals surface area contributed by atoms with Gasteiger partial charge in [-0.05, 0) is 48.9 Å². The van der Waals surface area contributed by atoms with Crippen LogP contribution in [0.2, 0.25) is 0 Å². The maximum atomic E-state index is 14.3. The van der Waals surface area contributed by atoms with E-state index in [0.29, 0.717) is 11.8 Å². The number of hydrogen-bond acceptors (Lipinski definition) is 2. The predicted molar refractivity (Wildman–Crippen MR) is 83.6 cm³/mol. The van der Waals surface area contributed by atoms with Crippen molar-refractivity contribution in [1.82, 2.24) is 5.32 Å². The van der Waals surface area contributed by atoms with Crippen LogP contribution in [0.25, 0.3) is 0 Å². The number of nitrogens with one attached hydrogen (secondary N) is 1. The number of hydrogen-bond donors (Lipinski definition) is 1. The highest BCUT2D eigenvalue weighted by molar-refractivity contribution is 5.50. The summed E-state index contributed by atoms with van der Waals surface area (Å²) in [4.78, 5) is 2.20. The Morgan fingerprint density at radius 2 is 2.20 bits per heavy atom. The molecule has 0 saturated carbocycles. The van der Waals surface area contributed by atoms with Gasteiger partial charge in [0.1, 0.15) is 5.82 Å². The average molecular weight is 278 g/mol. The van der Waals surface area contributed by atoms with E-state index in [2.05, 4.69) is 31.0 Å². The van der Waals surface area contributed by atoms with E-state index in [-0.39, 0.29) is 5.82 Å². The molecule has 1 aromatic carbocycles. The van der Waals surface area contributed by atoms with E-state index >= 15 is 0 Å². The molecule has 1 saturated heterocycles. The van der Waals surface area contributed by atoms with Crippen LogP contribution in [0.3, 0.4) is 0 Å². The van der Waals surface area contributed by atoms with Gasteiger partial charge >= 0.3 is 0 Å². The third-order valence-electron chi connectivity index (χ3n) is 4.28. The summed E-state index contributed by atoms with van der Waals surface area (Å²) >= 11 is 0. The van der Waals surface area contributed by atoms with Gasteiger partial charge in [-0.1, -0.05) is 26.8 Å². The molecule has 2 rings (SSSR count). The first-order chi connectivity index (χ1) is 9.61. The summed E-state index contributed by atoms with van der Waals surface area (Å²) in [6.45, 7) is 10.3. The molecule has 0 spiro atoms. The van der Waals surface area contributed by atoms with Crippen molar-refractivity contribution in [3.05, 3.63) is 29.6 Å². The van der Waals surface area contributed by atoms with Crippen molar-refractivity contribution in [3.63, 3.8) is 0 Å². The highest BCUT2D eigenvalue weighted by atomic mass is 19.1. The number of anilines is 1. The fraction of sp³-hybridized carbons (Fsp3) is 0.647. The van der Waals surface area contributed by atoms with Crippen LogP contribution in [-0.2, 0) is 6.54 Å². The van der Waals surface area contributed by atoms with E-state index < -0.39 is 0 Å². The minimum absolute atomic E-state index is 0.0785. The Labute approximate surface area is 122 Å². The zero-order valence-corrected chi connectivity index (χ0v) is 13.0. The normalized spacial score (nSPS) is 19.1. The quantitative estimate of drug-likeness (QED) is 0.796. The first-order valence-corrected chi connectivity index (χ1v) is 7.86. The lowest BCUT2D eigenvalue weighted by Crippen LogP contribution is -2.22. The van der Waals surface area contributed by atoms with Crippen molar-refractivity contribution >= 4 is 5.69 Å². The summed E-state index contributed by atoms with van der Waals surface area (Å²) in [7, 11) is 0. The van der Waals surface area contributed by atoms with E-state index in [1.165, 1.54) is 6.42 Å². The molecule has 112 valence electrons. The molecule has 0 amide bonds. The van der Waals surface area contributed by atoms with Crippen LogP contribution in [0.15, 0.2) is 18.2 Å². The Kier molecular flexibility index (Phi) is 5.41. The molecule has 1 aromatic rings. The molecule has 1 aliphatic heterocycles. The molecule has 1 aliphatic rings. The molecule has 0 aliphatic carbocycles. The molecule has 3 heteroatoms. The van der Waals surface area contributed by atoms with Crippen LogP contribution in [0.4, 0.5) is 10.1 Å². The molecule has 1 fully saturated rings. The molecule has 1 heterocycles. The Balaban J connectivity index is 1.99. The van der Waals surface area contributed by atoms with Gasteiger partial charge < -0.3 is 10.2 Å². The van der Waals surface area contributed by atoms with E-state index in [9.17, 15) is 4.39 Å². The third-order valence-corrected chi connectivity index (χ3v) is 4.28. The van der Waals surface area contributed by atoms with Gasteiger partial charge in [0, 0.05) is 19.6 Å². The van der Waals surface area contributed by atoms with Crippen LogP contribution < -0.4 is 10.2 Å². The molecule has 2 nitrogen and oxygen atoms in total. The van der Waals surface area contributed by atoms with Crippen LogP contribution in [0.5, 0.6) is 0 Å². The second-order valence-corrected chi connectivity index (χ2v) is 6.20. The molecule has 20 heavy (non-hydrogen) atoms. The Morgan fingerprint density at radius 1 is 1.40 bits per heavy atom. The van der Waals surface area contributed by atoms with Gasteiger partial charge in [0.2, 0.25) is 0 Å². The van der Waals surface area contributed by atoms with Crippen LogP contribution in [-0.4, -0.2) is 19.6 Å². The topological polar surface area (TPSA) is 15.3 Å². The summed E-state index contributed by atoms with van der Waals surface area (Å²) in [6, 6.07) is 5.67. The van der Waals surface area contributed by atoms with Gasteiger partial charge in [0.15, 0.2) is 0 Å². The van der Waals surface area contributed by atoms with Gasteiger partial charge in [0.05, 0.1) is 5.69 Å². The maximum Gasteiger partial charge on any atom is 0.146 e. The molecule has 0 aromatic heterocycles. The smallest absolute Gasteiger partial charge is 0.146 e. The fourth-order valence-corrected chi connectivity index (χ4v) is 2.88. The second-order valence-electron chi connectivity index (χ2n) is 6.20. The van der Waals surface area contributed by atoms with Crippen LogP contribution in [0, 0.1) is 17.7 Å². The minimum atomic E-state index is -0.0785. The first-order valence-electron chi connectivity index (χ1n) is 7.86. The summed E-state index contributed by atoms with van der Waals surface area (Å²) in [5.74, 6) is 1.30. The van der Waals surface area contributed by atoms with E-state index in [0.717, 1.165) is 43.9 Å². The molecule has 1 atom stereocenters. The maximum absolute atomic E-state index is 14.3. The van der Waals surface area contributed by atoms with Crippen molar-refractivity contribution in [2.75, 3.05) is 24.5 Å². The first kappa shape index (κ1) is 15.3. The minimum Gasteiger partial charge on any atom is -0.369 e. The lowest BCUT2D eigenvalue weighted by atomic mass is 9.95. The summed E-state index contributed by atoms with van der Waals surface area (Å²) in [5.41, 5.74) is 1.80. The molecule has 0 radical (unpaired) electrons. The lowest BCUT2D eigenvalue weighted by molar-refractivity contribution is 0.422. The van der Waals surface area contributed by atoms with E-state index in [1.54, 1.807) is 6.07 Å². The van der Waals surface area contributed by atoms with Crippen molar-refractivity contribution in [3.8, 4) is 0 Å². The molecule has 1 N–H and O–H groups in total. The second kappa shape index (κ2) is 7.07. The number of benzene rings is 1. The molecule has 0 bridgehead atoms. The lowest BCUT2D eigenvalue weighted by Gasteiger charge is -2.21. The van der Waals surface area contributed by atoms with Gasteiger partial charge in [-0.15, -0.1) is 0 Å². The van der Waals surface area contributed by atoms with Crippen molar-refractivity contribution in [2.45, 2.75) is 40.2 Å². The monoisotopic (exact) mass is 278 g/mol. The van der Waals surface area contributed by atoms with Crippen molar-refractivity contribution in [1.29, 1.82) is 0 Å². The highest BCUT2D eigenvalue weighted by Gasteiger charge is 2.26. The largest absolute Gasteiger partial charge is 0.369 e. The number of halogens is 1. The molecular formula is C17H27FN2. The van der Waals surface area contributed by atoms with Crippen LogP contribution >= 0.6 is 0 Å². The Bertz CT molecular complexity index is 431. The summed E-state index contributed by atoms with van der Waals surface area (Å²) in [5, 5.41) is 3.31. The summed E-state index contributed by atoms with van der Waals surface area (Å²) in [6.07, 6.45) is 2.28. The molecule has 1 unspecified atom stereocenters. The van der Waals surface area contributed by atoms with E-state index in [4.69, 9.17) is 0 Å². The Morgan fingerprint density at radius 3 is 2.80 bits per heavy atom. The number of nitrogens with zero attached hydrogens (tertiary/aromatic N) is 1. The zero-order valence-electron chi connectivity index (χ0n) is 13.0. The average Bonchev–Trinajstić information content (AvgIpc) is 2.89. The highest BCUT2D eigenvalue weighted by Crippen LogP contribution is 2.30. The third kappa shape index (κ3) is 3.72. The van der Waals surface area contributed by atoms with Gasteiger partial charge in [0.25, 0.3) is 0 Å². The van der Waals surface area contributed by atoms with Crippen molar-refractivity contribution in [2.24, 2.45) is 11.8 Å². The number of rotatable bonds is 6. The van der Waals surface area contributed by atoms with E-state index in [1.807, 2.05) is 12.1 Å². The van der Waals surface area contributed by atoms with Gasteiger partial charge in [-0.25, -0.2) is 4.39 Å². The van der Waals surface area contributed by atoms with Gasteiger partial charge in [-0.3, -0.25) is 0 Å².